The standard InChI is InChI=1S/C21H24ClF3N4O2/c1-13-4-5-18(31-3)16(10-13)14(2)27-20(30)29-8-6-28(7-9-29)19-17(22)11-15(12-26-19)21(23,24)25/h4-5,10-12,14H,6-9H2,1-3H3,(H,27,30). The Morgan fingerprint density at radius 3 is 2.48 bits per heavy atom. The monoisotopic (exact) mass is 456 g/mol. The number of benzene rings is 1. The van der Waals surface area contributed by atoms with E-state index in [1.54, 1.807) is 16.9 Å². The summed E-state index contributed by atoms with van der Waals surface area (Å²) in [5.74, 6) is 0.985. The van der Waals surface area contributed by atoms with Crippen LogP contribution in [0.15, 0.2) is 30.5 Å². The molecular weight excluding hydrogens is 433 g/mol. The number of nitrogens with one attached hydrogen (secondary N) is 1. The maximum atomic E-state index is 12.8. The summed E-state index contributed by atoms with van der Waals surface area (Å²) in [5.41, 5.74) is 1.06. The van der Waals surface area contributed by atoms with E-state index in [-0.39, 0.29) is 22.9 Å². The van der Waals surface area contributed by atoms with Crippen molar-refractivity contribution in [2.24, 2.45) is 0 Å². The van der Waals surface area contributed by atoms with E-state index in [0.717, 1.165) is 23.4 Å². The van der Waals surface area contributed by atoms with Gasteiger partial charge in [-0.25, -0.2) is 9.78 Å². The zero-order chi connectivity index (χ0) is 22.8. The smallest absolute Gasteiger partial charge is 0.417 e. The molecule has 0 spiro atoms. The van der Waals surface area contributed by atoms with Gasteiger partial charge in [-0.1, -0.05) is 29.3 Å². The first-order chi connectivity index (χ1) is 14.6. The number of piperazine rings is 1. The average molecular weight is 457 g/mol. The van der Waals surface area contributed by atoms with E-state index in [1.807, 2.05) is 32.0 Å². The fourth-order valence-electron chi connectivity index (χ4n) is 3.49. The van der Waals surface area contributed by atoms with Crippen molar-refractivity contribution in [1.82, 2.24) is 15.2 Å². The molecule has 0 radical (unpaired) electrons. The van der Waals surface area contributed by atoms with E-state index in [4.69, 9.17) is 16.3 Å². The van der Waals surface area contributed by atoms with Crippen molar-refractivity contribution in [3.05, 3.63) is 52.2 Å². The van der Waals surface area contributed by atoms with Gasteiger partial charge < -0.3 is 19.9 Å². The SMILES string of the molecule is COc1ccc(C)cc1C(C)NC(=O)N1CCN(c2ncc(C(F)(F)F)cc2Cl)CC1. The number of hydrogen-bond donors (Lipinski definition) is 1. The van der Waals surface area contributed by atoms with Crippen molar-refractivity contribution in [3.63, 3.8) is 0 Å². The third-order valence-corrected chi connectivity index (χ3v) is 5.49. The minimum absolute atomic E-state index is 0.0621. The van der Waals surface area contributed by atoms with Crippen molar-refractivity contribution in [2.45, 2.75) is 26.1 Å². The third-order valence-electron chi connectivity index (χ3n) is 5.21. The van der Waals surface area contributed by atoms with Gasteiger partial charge in [-0.15, -0.1) is 0 Å². The van der Waals surface area contributed by atoms with Crippen LogP contribution in [0.25, 0.3) is 0 Å². The van der Waals surface area contributed by atoms with Gasteiger partial charge in [0, 0.05) is 37.9 Å². The Bertz CT molecular complexity index is 947. The molecule has 1 N–H and O–H groups in total. The first kappa shape index (κ1) is 23.0. The third kappa shape index (κ3) is 5.33. The van der Waals surface area contributed by atoms with E-state index in [2.05, 4.69) is 10.3 Å². The van der Waals surface area contributed by atoms with Crippen LogP contribution in [-0.4, -0.2) is 49.2 Å². The summed E-state index contributed by atoms with van der Waals surface area (Å²) < 4.78 is 43.8. The zero-order valence-corrected chi connectivity index (χ0v) is 18.2. The molecule has 168 valence electrons. The largest absolute Gasteiger partial charge is 0.496 e. The van der Waals surface area contributed by atoms with Crippen molar-refractivity contribution in [2.75, 3.05) is 38.2 Å². The lowest BCUT2D eigenvalue weighted by molar-refractivity contribution is -0.137. The van der Waals surface area contributed by atoms with Crippen LogP contribution in [0.5, 0.6) is 5.75 Å². The Morgan fingerprint density at radius 1 is 1.23 bits per heavy atom. The van der Waals surface area contributed by atoms with Crippen LogP contribution in [-0.2, 0) is 6.18 Å². The number of hydrogen-bond acceptors (Lipinski definition) is 4. The first-order valence-corrected chi connectivity index (χ1v) is 10.2. The molecule has 2 aromatic rings. The molecule has 6 nitrogen and oxygen atoms in total. The van der Waals surface area contributed by atoms with Crippen LogP contribution < -0.4 is 15.0 Å². The second-order valence-corrected chi connectivity index (χ2v) is 7.83. The molecule has 2 amide bonds. The van der Waals surface area contributed by atoms with E-state index in [9.17, 15) is 18.0 Å². The number of aromatic nitrogens is 1. The highest BCUT2D eigenvalue weighted by atomic mass is 35.5. The molecule has 1 fully saturated rings. The van der Waals surface area contributed by atoms with Gasteiger partial charge in [0.2, 0.25) is 0 Å². The van der Waals surface area contributed by atoms with Gasteiger partial charge in [-0.05, 0) is 26.0 Å². The highest BCUT2D eigenvalue weighted by molar-refractivity contribution is 6.33. The molecule has 1 aromatic heterocycles. The molecule has 2 heterocycles. The maximum absolute atomic E-state index is 12.8. The summed E-state index contributed by atoms with van der Waals surface area (Å²) in [6.07, 6.45) is -3.72. The fraction of sp³-hybridized carbons (Fsp3) is 0.429. The second-order valence-electron chi connectivity index (χ2n) is 7.42. The second kappa shape index (κ2) is 9.21. The van der Waals surface area contributed by atoms with Crippen LogP contribution in [0.2, 0.25) is 5.02 Å². The van der Waals surface area contributed by atoms with Gasteiger partial charge in [0.25, 0.3) is 0 Å². The molecule has 3 rings (SSSR count). The van der Waals surface area contributed by atoms with Crippen molar-refractivity contribution >= 4 is 23.4 Å². The first-order valence-electron chi connectivity index (χ1n) is 9.78. The molecule has 1 unspecified atom stereocenters. The lowest BCUT2D eigenvalue weighted by atomic mass is 10.0. The number of ether oxygens (including phenoxy) is 1. The number of alkyl halides is 3. The van der Waals surface area contributed by atoms with Crippen LogP contribution in [0.4, 0.5) is 23.8 Å². The Hall–Kier alpha value is -2.68. The number of pyridine rings is 1. The summed E-state index contributed by atoms with van der Waals surface area (Å²) >= 11 is 6.04. The van der Waals surface area contributed by atoms with Gasteiger partial charge in [0.15, 0.2) is 0 Å². The molecular formula is C21H24ClF3N4O2. The Kier molecular flexibility index (Phi) is 6.83. The highest BCUT2D eigenvalue weighted by Gasteiger charge is 2.32. The summed E-state index contributed by atoms with van der Waals surface area (Å²) in [6, 6.07) is 6.18. The van der Waals surface area contributed by atoms with E-state index < -0.39 is 11.7 Å². The Morgan fingerprint density at radius 2 is 1.90 bits per heavy atom. The van der Waals surface area contributed by atoms with Crippen molar-refractivity contribution in [1.29, 1.82) is 0 Å². The molecule has 0 saturated carbocycles. The number of carbonyl (C=O) groups excluding carboxylic acids is 1. The number of urea groups is 1. The number of rotatable bonds is 4. The minimum atomic E-state index is -4.50. The number of halogens is 4. The molecule has 10 heteroatoms. The highest BCUT2D eigenvalue weighted by Crippen LogP contribution is 2.34. The van der Waals surface area contributed by atoms with Crippen molar-refractivity contribution in [3.8, 4) is 5.75 Å². The number of amides is 2. The molecule has 1 aromatic carbocycles. The Labute approximate surface area is 183 Å². The molecule has 0 aliphatic carbocycles. The summed E-state index contributed by atoms with van der Waals surface area (Å²) in [7, 11) is 1.59. The van der Waals surface area contributed by atoms with Gasteiger partial charge >= 0.3 is 12.2 Å². The maximum Gasteiger partial charge on any atom is 0.417 e. The zero-order valence-electron chi connectivity index (χ0n) is 17.5. The quantitative estimate of drug-likeness (QED) is 0.726. The lowest BCUT2D eigenvalue weighted by Gasteiger charge is -2.36. The number of nitrogens with zero attached hydrogens (tertiary/aromatic N) is 3. The fourth-order valence-corrected chi connectivity index (χ4v) is 3.77. The predicted molar refractivity (Wildman–Crippen MR) is 113 cm³/mol. The molecule has 1 aliphatic heterocycles. The van der Waals surface area contributed by atoms with Crippen LogP contribution >= 0.6 is 11.6 Å². The lowest BCUT2D eigenvalue weighted by Crippen LogP contribution is -2.52. The summed E-state index contributed by atoms with van der Waals surface area (Å²) in [4.78, 5) is 20.1. The molecule has 31 heavy (non-hydrogen) atoms. The van der Waals surface area contributed by atoms with Crippen molar-refractivity contribution < 1.29 is 22.7 Å². The molecule has 1 aliphatic rings. The topological polar surface area (TPSA) is 57.7 Å². The normalized spacial score (nSPS) is 15.6. The minimum Gasteiger partial charge on any atom is -0.496 e. The van der Waals surface area contributed by atoms with Gasteiger partial charge in [0.05, 0.1) is 23.7 Å². The molecule has 1 atom stereocenters. The average Bonchev–Trinajstić information content (AvgIpc) is 2.73. The van der Waals surface area contributed by atoms with E-state index in [0.29, 0.717) is 31.9 Å². The number of carbonyl (C=O) groups is 1. The van der Waals surface area contributed by atoms with Crippen LogP contribution in [0.1, 0.15) is 29.7 Å². The van der Waals surface area contributed by atoms with Gasteiger partial charge in [-0.3, -0.25) is 0 Å². The molecule has 1 saturated heterocycles. The van der Waals surface area contributed by atoms with Crippen LogP contribution in [0.3, 0.4) is 0 Å². The van der Waals surface area contributed by atoms with Gasteiger partial charge in [0.1, 0.15) is 11.6 Å². The number of aryl methyl sites for hydroxylation is 1. The predicted octanol–water partition coefficient (Wildman–Crippen LogP) is 4.66. The van der Waals surface area contributed by atoms with E-state index >= 15 is 0 Å². The number of methoxy groups -OCH3 is 1. The van der Waals surface area contributed by atoms with E-state index in [1.165, 1.54) is 0 Å². The van der Waals surface area contributed by atoms with Gasteiger partial charge in [-0.2, -0.15) is 13.2 Å². The molecule has 0 bridgehead atoms. The Balaban J connectivity index is 1.61. The summed E-state index contributed by atoms with van der Waals surface area (Å²) in [6.45, 7) is 5.46. The van der Waals surface area contributed by atoms with Crippen LogP contribution in [0, 0.1) is 6.92 Å². The summed E-state index contributed by atoms with van der Waals surface area (Å²) in [5, 5.41) is 2.92. The number of anilines is 1.